The maximum Gasteiger partial charge on any atom is 0.394 e. The van der Waals surface area contributed by atoms with Crippen molar-refractivity contribution in [2.45, 2.75) is 13.0 Å². The molecule has 2 aromatic rings. The quantitative estimate of drug-likeness (QED) is 0.245. The predicted octanol–water partition coefficient (Wildman–Crippen LogP) is 2.38. The summed E-state index contributed by atoms with van der Waals surface area (Å²) in [5.41, 5.74) is 7.83. The van der Waals surface area contributed by atoms with Crippen LogP contribution in [-0.4, -0.2) is 27.9 Å². The second-order valence-electron chi connectivity index (χ2n) is 4.66. The predicted molar refractivity (Wildman–Crippen MR) is 98.0 cm³/mol. The lowest BCUT2D eigenvalue weighted by Crippen LogP contribution is -2.27. The summed E-state index contributed by atoms with van der Waals surface area (Å²) in [4.78, 5) is 11.5. The Labute approximate surface area is 148 Å². The van der Waals surface area contributed by atoms with E-state index in [0.717, 1.165) is 22.0 Å². The molecule has 23 heavy (non-hydrogen) atoms. The van der Waals surface area contributed by atoms with Crippen LogP contribution in [0.15, 0.2) is 36.4 Å². The van der Waals surface area contributed by atoms with Gasteiger partial charge in [0.25, 0.3) is 0 Å². The summed E-state index contributed by atoms with van der Waals surface area (Å²) in [6, 6.07) is 11.8. The van der Waals surface area contributed by atoms with Gasteiger partial charge in [0.1, 0.15) is 0 Å². The van der Waals surface area contributed by atoms with Crippen molar-refractivity contribution in [2.24, 2.45) is 0 Å². The van der Waals surface area contributed by atoms with Crippen molar-refractivity contribution < 1.29 is 22.3 Å². The number of anilines is 1. The van der Waals surface area contributed by atoms with E-state index in [4.69, 9.17) is 23.3 Å². The number of nitrogens with one attached hydrogen (secondary N) is 1. The highest BCUT2D eigenvalue weighted by Crippen LogP contribution is 2.27. The Morgan fingerprint density at radius 2 is 1.74 bits per heavy atom. The fraction of sp³-hybridized carbons (Fsp3) is 0.214. The van der Waals surface area contributed by atoms with Gasteiger partial charge in [-0.25, -0.2) is 0 Å². The van der Waals surface area contributed by atoms with Crippen LogP contribution in [-0.2, 0) is 15.2 Å². The summed E-state index contributed by atoms with van der Waals surface area (Å²) in [6.45, 7) is 1.99. The van der Waals surface area contributed by atoms with E-state index in [9.17, 15) is 4.79 Å². The van der Waals surface area contributed by atoms with E-state index in [1.807, 2.05) is 43.3 Å². The molecule has 5 N–H and O–H groups in total. The number of carbonyl (C=O) groups is 1. The smallest absolute Gasteiger partial charge is 0.394 e. The van der Waals surface area contributed by atoms with Gasteiger partial charge in [-0.3, -0.25) is 13.9 Å². The maximum atomic E-state index is 11.5. The summed E-state index contributed by atoms with van der Waals surface area (Å²) >= 11 is 2.06. The van der Waals surface area contributed by atoms with Gasteiger partial charge in [0.2, 0.25) is 5.91 Å². The Morgan fingerprint density at radius 1 is 1.22 bits per heavy atom. The van der Waals surface area contributed by atoms with E-state index in [-0.39, 0.29) is 11.9 Å². The molecule has 2 rings (SSSR count). The molecule has 0 saturated heterocycles. The zero-order valence-electron chi connectivity index (χ0n) is 12.2. The average Bonchev–Trinajstić information content (AvgIpc) is 2.45. The first-order valence-electron chi connectivity index (χ1n) is 6.45. The first kappa shape index (κ1) is 19.6. The molecule has 0 aliphatic carbocycles. The minimum absolute atomic E-state index is 0.0160. The number of benzene rings is 2. The molecule has 0 aromatic heterocycles. The normalized spacial score (nSPS) is 12.2. The second kappa shape index (κ2) is 8.43. The summed E-state index contributed by atoms with van der Waals surface area (Å²) in [5, 5.41) is 5.10. The van der Waals surface area contributed by atoms with Gasteiger partial charge >= 0.3 is 10.4 Å². The number of alkyl halides is 1. The maximum absolute atomic E-state index is 11.5. The molecule has 1 amide bonds. The molecule has 0 fully saturated rings. The van der Waals surface area contributed by atoms with Crippen molar-refractivity contribution in [1.29, 1.82) is 0 Å². The lowest BCUT2D eigenvalue weighted by Gasteiger charge is -2.16. The van der Waals surface area contributed by atoms with Crippen molar-refractivity contribution >= 4 is 55.4 Å². The van der Waals surface area contributed by atoms with Gasteiger partial charge in [-0.15, -0.1) is 0 Å². The van der Waals surface area contributed by atoms with Crippen molar-refractivity contribution in [2.75, 3.05) is 10.2 Å². The molecular formula is C14H17IN2O5S. The Bertz CT molecular complexity index is 787. The van der Waals surface area contributed by atoms with Crippen LogP contribution in [0.1, 0.15) is 18.5 Å². The van der Waals surface area contributed by atoms with Crippen LogP contribution in [0.25, 0.3) is 10.8 Å². The fourth-order valence-corrected chi connectivity index (χ4v) is 2.31. The first-order chi connectivity index (χ1) is 10.6. The molecule has 0 bridgehead atoms. The number of amides is 1. The summed E-state index contributed by atoms with van der Waals surface area (Å²) in [7, 11) is -4.67. The largest absolute Gasteiger partial charge is 0.398 e. The average molecular weight is 452 g/mol. The zero-order valence-corrected chi connectivity index (χ0v) is 15.2. The molecule has 0 heterocycles. The van der Waals surface area contributed by atoms with Gasteiger partial charge in [-0.1, -0.05) is 52.9 Å². The number of nitrogens with two attached hydrogens (primary N) is 1. The monoisotopic (exact) mass is 452 g/mol. The molecule has 9 heteroatoms. The molecule has 126 valence electrons. The number of halogens is 1. The lowest BCUT2D eigenvalue weighted by molar-refractivity contribution is -0.118. The minimum atomic E-state index is -4.67. The summed E-state index contributed by atoms with van der Waals surface area (Å²) in [5.74, 6) is 0.0454. The van der Waals surface area contributed by atoms with Gasteiger partial charge in [-0.2, -0.15) is 8.42 Å². The van der Waals surface area contributed by atoms with E-state index in [1.165, 1.54) is 0 Å². The van der Waals surface area contributed by atoms with Crippen molar-refractivity contribution in [3.63, 3.8) is 0 Å². The van der Waals surface area contributed by atoms with Crippen LogP contribution in [0.5, 0.6) is 0 Å². The Hall–Kier alpha value is -1.43. The molecule has 7 nitrogen and oxygen atoms in total. The van der Waals surface area contributed by atoms with Gasteiger partial charge in [0.05, 0.1) is 10.5 Å². The van der Waals surface area contributed by atoms with E-state index >= 15 is 0 Å². The first-order valence-corrected chi connectivity index (χ1v) is 9.38. The van der Waals surface area contributed by atoms with E-state index in [2.05, 4.69) is 27.9 Å². The summed E-state index contributed by atoms with van der Waals surface area (Å²) in [6.07, 6.45) is 0. The molecule has 0 saturated carbocycles. The third-order valence-electron chi connectivity index (χ3n) is 2.95. The Kier molecular flexibility index (Phi) is 7.19. The minimum Gasteiger partial charge on any atom is -0.398 e. The number of hydrogen-bond acceptors (Lipinski definition) is 4. The highest BCUT2D eigenvalue weighted by atomic mass is 127. The Morgan fingerprint density at radius 3 is 2.30 bits per heavy atom. The molecule has 2 aromatic carbocycles. The van der Waals surface area contributed by atoms with Gasteiger partial charge in [-0.05, 0) is 23.9 Å². The van der Waals surface area contributed by atoms with Crippen LogP contribution in [0.4, 0.5) is 5.69 Å². The van der Waals surface area contributed by atoms with Gasteiger partial charge in [0.15, 0.2) is 0 Å². The van der Waals surface area contributed by atoms with Crippen LogP contribution < -0.4 is 11.1 Å². The fourth-order valence-electron chi connectivity index (χ4n) is 2.09. The van der Waals surface area contributed by atoms with Crippen molar-refractivity contribution in [3.8, 4) is 0 Å². The molecular weight excluding hydrogens is 435 g/mol. The molecule has 0 spiro atoms. The zero-order chi connectivity index (χ0) is 17.6. The molecule has 0 radical (unpaired) electrons. The van der Waals surface area contributed by atoms with Crippen LogP contribution in [0.3, 0.4) is 0 Å². The molecule has 1 unspecified atom stereocenters. The lowest BCUT2D eigenvalue weighted by atomic mass is 9.99. The van der Waals surface area contributed by atoms with Gasteiger partial charge in [0, 0.05) is 11.1 Å². The van der Waals surface area contributed by atoms with Crippen LogP contribution >= 0.6 is 22.6 Å². The molecule has 0 aliphatic rings. The second-order valence-corrected chi connectivity index (χ2v) is 6.32. The SMILES string of the molecule is CC(NC(=O)CI)c1cccc2c(N)cccc12.O=S(=O)(O)O. The topological polar surface area (TPSA) is 130 Å². The number of rotatable bonds is 3. The highest BCUT2D eigenvalue weighted by Gasteiger charge is 2.12. The number of hydrogen-bond donors (Lipinski definition) is 4. The van der Waals surface area contributed by atoms with Crippen LogP contribution in [0.2, 0.25) is 0 Å². The van der Waals surface area contributed by atoms with E-state index in [0.29, 0.717) is 4.43 Å². The third kappa shape index (κ3) is 6.69. The standard InChI is InChI=1S/C14H15IN2O.H2O4S/c1-9(17-14(18)8-15)10-4-2-6-12-11(10)5-3-7-13(12)16;1-5(2,3)4/h2-7,9H,8,16H2,1H3,(H,17,18);(H2,1,2,3,4). The molecule has 0 aliphatic heterocycles. The van der Waals surface area contributed by atoms with Gasteiger partial charge < -0.3 is 11.1 Å². The van der Waals surface area contributed by atoms with Crippen molar-refractivity contribution in [1.82, 2.24) is 5.32 Å². The molecule has 1 atom stereocenters. The Balaban J connectivity index is 0.000000463. The van der Waals surface area contributed by atoms with Crippen LogP contribution in [0, 0.1) is 0 Å². The third-order valence-corrected chi connectivity index (χ3v) is 3.65. The van der Waals surface area contributed by atoms with Crippen molar-refractivity contribution in [3.05, 3.63) is 42.0 Å². The van der Waals surface area contributed by atoms with E-state index < -0.39 is 10.4 Å². The number of nitrogen functional groups attached to an aromatic ring is 1. The summed E-state index contributed by atoms with van der Waals surface area (Å²) < 4.78 is 32.1. The van der Waals surface area contributed by atoms with E-state index in [1.54, 1.807) is 0 Å². The highest BCUT2D eigenvalue weighted by molar-refractivity contribution is 14.1. The number of fused-ring (bicyclic) bond motifs is 1. The number of carbonyl (C=O) groups excluding carboxylic acids is 1.